The number of aryl methyl sites for hydroxylation is 2. The van der Waals surface area contributed by atoms with Gasteiger partial charge in [-0.05, 0) is 37.1 Å². The lowest BCUT2D eigenvalue weighted by Crippen LogP contribution is -2.41. The van der Waals surface area contributed by atoms with Gasteiger partial charge in [0.05, 0.1) is 13.2 Å². The monoisotopic (exact) mass is 276 g/mol. The summed E-state index contributed by atoms with van der Waals surface area (Å²) in [4.78, 5) is 16.5. The molecule has 1 saturated heterocycles. The van der Waals surface area contributed by atoms with Gasteiger partial charge in [-0.15, -0.1) is 0 Å². The lowest BCUT2D eigenvalue weighted by atomic mass is 10.1. The molecule has 20 heavy (non-hydrogen) atoms. The Morgan fingerprint density at radius 2 is 1.95 bits per heavy atom. The van der Waals surface area contributed by atoms with E-state index < -0.39 is 0 Å². The number of likely N-dealkylation sites (N-methyl/N-ethyl adjacent to an activating group) is 1. The third-order valence-corrected chi connectivity index (χ3v) is 3.96. The first-order valence-corrected chi connectivity index (χ1v) is 7.21. The summed E-state index contributed by atoms with van der Waals surface area (Å²) in [5.74, 6) is 0.0985. The molecule has 0 spiro atoms. The van der Waals surface area contributed by atoms with Gasteiger partial charge < -0.3 is 9.64 Å². The van der Waals surface area contributed by atoms with Gasteiger partial charge in [-0.25, -0.2) is 0 Å². The van der Waals surface area contributed by atoms with Gasteiger partial charge in [0, 0.05) is 38.8 Å². The second-order valence-electron chi connectivity index (χ2n) is 5.48. The maximum absolute atomic E-state index is 12.4. The van der Waals surface area contributed by atoms with Gasteiger partial charge in [0.2, 0.25) is 0 Å². The molecule has 2 rings (SSSR count). The number of hydrogen-bond donors (Lipinski definition) is 0. The first kappa shape index (κ1) is 15.0. The predicted molar refractivity (Wildman–Crippen MR) is 80.1 cm³/mol. The standard InChI is InChI=1S/C16H24N2O2/c1-13-4-5-15(12-14(13)2)16(19)17(3)6-7-18-8-10-20-11-9-18/h4-5,12H,6-11H2,1-3H3. The van der Waals surface area contributed by atoms with Gasteiger partial charge in [0.1, 0.15) is 0 Å². The summed E-state index contributed by atoms with van der Waals surface area (Å²) >= 11 is 0. The quantitative estimate of drug-likeness (QED) is 0.839. The fourth-order valence-electron chi connectivity index (χ4n) is 2.31. The molecule has 1 aromatic carbocycles. The number of benzene rings is 1. The molecule has 110 valence electrons. The number of carbonyl (C=O) groups excluding carboxylic acids is 1. The number of morpholine rings is 1. The summed E-state index contributed by atoms with van der Waals surface area (Å²) in [6.07, 6.45) is 0. The van der Waals surface area contributed by atoms with E-state index in [1.54, 1.807) is 4.90 Å². The van der Waals surface area contributed by atoms with Crippen LogP contribution < -0.4 is 0 Å². The second-order valence-corrected chi connectivity index (χ2v) is 5.48. The summed E-state index contributed by atoms with van der Waals surface area (Å²) in [6.45, 7) is 9.30. The molecule has 1 aromatic rings. The minimum atomic E-state index is 0.0985. The summed E-state index contributed by atoms with van der Waals surface area (Å²) in [6, 6.07) is 5.90. The van der Waals surface area contributed by atoms with Crippen LogP contribution in [0.1, 0.15) is 21.5 Å². The number of ether oxygens (including phenoxy) is 1. The number of hydrogen-bond acceptors (Lipinski definition) is 3. The zero-order chi connectivity index (χ0) is 14.5. The summed E-state index contributed by atoms with van der Waals surface area (Å²) < 4.78 is 5.33. The largest absolute Gasteiger partial charge is 0.379 e. The van der Waals surface area contributed by atoms with Crippen molar-refractivity contribution in [2.24, 2.45) is 0 Å². The Balaban J connectivity index is 1.89. The molecule has 1 amide bonds. The second kappa shape index (κ2) is 6.86. The Hall–Kier alpha value is -1.39. The molecule has 0 aliphatic carbocycles. The highest BCUT2D eigenvalue weighted by atomic mass is 16.5. The van der Waals surface area contributed by atoms with Crippen molar-refractivity contribution >= 4 is 5.91 Å². The van der Waals surface area contributed by atoms with Crippen molar-refractivity contribution in [1.29, 1.82) is 0 Å². The van der Waals surface area contributed by atoms with E-state index in [2.05, 4.69) is 11.8 Å². The molecule has 0 unspecified atom stereocenters. The van der Waals surface area contributed by atoms with Gasteiger partial charge in [0.15, 0.2) is 0 Å². The van der Waals surface area contributed by atoms with Crippen LogP contribution >= 0.6 is 0 Å². The average Bonchev–Trinajstić information content (AvgIpc) is 2.48. The SMILES string of the molecule is Cc1ccc(C(=O)N(C)CCN2CCOCC2)cc1C. The van der Waals surface area contributed by atoms with Crippen LogP contribution in [0.4, 0.5) is 0 Å². The highest BCUT2D eigenvalue weighted by molar-refractivity contribution is 5.94. The summed E-state index contributed by atoms with van der Waals surface area (Å²) in [7, 11) is 1.87. The van der Waals surface area contributed by atoms with Crippen molar-refractivity contribution in [3.63, 3.8) is 0 Å². The van der Waals surface area contributed by atoms with Crippen LogP contribution in [0.3, 0.4) is 0 Å². The van der Waals surface area contributed by atoms with Gasteiger partial charge in [-0.3, -0.25) is 9.69 Å². The number of amides is 1. The molecule has 0 atom stereocenters. The Morgan fingerprint density at radius 3 is 2.60 bits per heavy atom. The van der Waals surface area contributed by atoms with E-state index >= 15 is 0 Å². The predicted octanol–water partition coefficient (Wildman–Crippen LogP) is 1.71. The van der Waals surface area contributed by atoms with E-state index in [4.69, 9.17) is 4.74 Å². The van der Waals surface area contributed by atoms with E-state index in [9.17, 15) is 4.79 Å². The third kappa shape index (κ3) is 3.81. The van der Waals surface area contributed by atoms with Crippen LogP contribution in [0.15, 0.2) is 18.2 Å². The minimum Gasteiger partial charge on any atom is -0.379 e. The minimum absolute atomic E-state index is 0.0985. The molecular formula is C16H24N2O2. The smallest absolute Gasteiger partial charge is 0.253 e. The highest BCUT2D eigenvalue weighted by Crippen LogP contribution is 2.11. The molecule has 0 radical (unpaired) electrons. The molecule has 0 aromatic heterocycles. The lowest BCUT2D eigenvalue weighted by Gasteiger charge is -2.28. The van der Waals surface area contributed by atoms with E-state index in [0.29, 0.717) is 0 Å². The fraction of sp³-hybridized carbons (Fsp3) is 0.562. The fourth-order valence-corrected chi connectivity index (χ4v) is 2.31. The topological polar surface area (TPSA) is 32.8 Å². The van der Waals surface area contributed by atoms with Crippen LogP contribution in [-0.4, -0.2) is 62.1 Å². The van der Waals surface area contributed by atoms with E-state index in [1.807, 2.05) is 32.2 Å². The average molecular weight is 276 g/mol. The molecule has 0 saturated carbocycles. The van der Waals surface area contributed by atoms with Crippen molar-refractivity contribution in [3.05, 3.63) is 34.9 Å². The van der Waals surface area contributed by atoms with Gasteiger partial charge in [-0.2, -0.15) is 0 Å². The van der Waals surface area contributed by atoms with Crippen LogP contribution in [-0.2, 0) is 4.74 Å². The highest BCUT2D eigenvalue weighted by Gasteiger charge is 2.15. The lowest BCUT2D eigenvalue weighted by molar-refractivity contribution is 0.0338. The third-order valence-electron chi connectivity index (χ3n) is 3.96. The van der Waals surface area contributed by atoms with Crippen molar-refractivity contribution < 1.29 is 9.53 Å². The molecular weight excluding hydrogens is 252 g/mol. The summed E-state index contributed by atoms with van der Waals surface area (Å²) in [5.41, 5.74) is 3.16. The molecule has 0 N–H and O–H groups in total. The van der Waals surface area contributed by atoms with Crippen LogP contribution in [0, 0.1) is 13.8 Å². The molecule has 0 bridgehead atoms. The van der Waals surface area contributed by atoms with E-state index in [-0.39, 0.29) is 5.91 Å². The zero-order valence-corrected chi connectivity index (χ0v) is 12.7. The number of rotatable bonds is 4. The molecule has 1 aliphatic rings. The Morgan fingerprint density at radius 1 is 1.25 bits per heavy atom. The maximum atomic E-state index is 12.4. The first-order chi connectivity index (χ1) is 9.58. The van der Waals surface area contributed by atoms with Crippen LogP contribution in [0.2, 0.25) is 0 Å². The summed E-state index contributed by atoms with van der Waals surface area (Å²) in [5, 5.41) is 0. The van der Waals surface area contributed by atoms with Crippen LogP contribution in [0.25, 0.3) is 0 Å². The van der Waals surface area contributed by atoms with E-state index in [1.165, 1.54) is 5.56 Å². The van der Waals surface area contributed by atoms with Gasteiger partial charge >= 0.3 is 0 Å². The maximum Gasteiger partial charge on any atom is 0.253 e. The van der Waals surface area contributed by atoms with Gasteiger partial charge in [-0.1, -0.05) is 6.07 Å². The Labute approximate surface area is 121 Å². The van der Waals surface area contributed by atoms with Crippen molar-refractivity contribution in [1.82, 2.24) is 9.80 Å². The van der Waals surface area contributed by atoms with Crippen molar-refractivity contribution in [2.45, 2.75) is 13.8 Å². The zero-order valence-electron chi connectivity index (χ0n) is 12.7. The Bertz CT molecular complexity index is 468. The van der Waals surface area contributed by atoms with Crippen molar-refractivity contribution in [2.75, 3.05) is 46.4 Å². The molecule has 4 nitrogen and oxygen atoms in total. The molecule has 1 aliphatic heterocycles. The van der Waals surface area contributed by atoms with Crippen LogP contribution in [0.5, 0.6) is 0 Å². The van der Waals surface area contributed by atoms with Crippen molar-refractivity contribution in [3.8, 4) is 0 Å². The Kier molecular flexibility index (Phi) is 5.15. The number of nitrogens with zero attached hydrogens (tertiary/aromatic N) is 2. The normalized spacial score (nSPS) is 16.1. The van der Waals surface area contributed by atoms with E-state index in [0.717, 1.165) is 50.5 Å². The first-order valence-electron chi connectivity index (χ1n) is 7.21. The van der Waals surface area contributed by atoms with Gasteiger partial charge in [0.25, 0.3) is 5.91 Å². The molecule has 1 heterocycles. The molecule has 1 fully saturated rings. The number of carbonyl (C=O) groups is 1. The molecule has 4 heteroatoms.